The van der Waals surface area contributed by atoms with E-state index >= 15 is 0 Å². The van der Waals surface area contributed by atoms with Crippen molar-refractivity contribution in [2.24, 2.45) is 11.8 Å². The van der Waals surface area contributed by atoms with E-state index < -0.39 is 17.9 Å². The van der Waals surface area contributed by atoms with Gasteiger partial charge in [0.2, 0.25) is 0 Å². The zero-order valence-electron chi connectivity index (χ0n) is 33.1. The maximum absolute atomic E-state index is 13.3. The van der Waals surface area contributed by atoms with Gasteiger partial charge in [-0.25, -0.2) is 0 Å². The Morgan fingerprint density at radius 3 is 1.04 bits per heavy atom. The summed E-state index contributed by atoms with van der Waals surface area (Å²) < 4.78 is 0. The monoisotopic (exact) mass is 680 g/mol. The molecule has 48 heavy (non-hydrogen) atoms. The Morgan fingerprint density at radius 1 is 0.479 bits per heavy atom. The molecule has 3 N–H and O–H groups in total. The van der Waals surface area contributed by atoms with Gasteiger partial charge in [0, 0.05) is 12.8 Å². The Morgan fingerprint density at radius 2 is 0.750 bits per heavy atom. The molecule has 0 aliphatic carbocycles. The first kappa shape index (κ1) is 47.2. The highest BCUT2D eigenvalue weighted by molar-refractivity contribution is 5.94. The molecule has 286 valence electrons. The van der Waals surface area contributed by atoms with Crippen molar-refractivity contribution in [1.82, 2.24) is 5.32 Å². The molecule has 0 aromatic carbocycles. The van der Waals surface area contributed by atoms with Crippen LogP contribution in [0.25, 0.3) is 0 Å². The van der Waals surface area contributed by atoms with E-state index in [4.69, 9.17) is 0 Å². The van der Waals surface area contributed by atoms with E-state index in [1.54, 1.807) is 6.92 Å². The molecule has 0 bridgehead atoms. The molecule has 5 nitrogen and oxygen atoms in total. The average molecular weight is 680 g/mol. The Bertz CT molecular complexity index is 726. The second kappa shape index (κ2) is 33.4. The first-order chi connectivity index (χ1) is 23.2. The van der Waals surface area contributed by atoms with Gasteiger partial charge in [-0.15, -0.1) is 0 Å². The first-order valence-electron chi connectivity index (χ1n) is 21.4. The van der Waals surface area contributed by atoms with Crippen LogP contribution in [0.5, 0.6) is 0 Å². The number of aliphatic hydroxyl groups excluding tert-OH is 1. The van der Waals surface area contributed by atoms with Crippen LogP contribution >= 0.6 is 0 Å². The predicted molar refractivity (Wildman–Crippen MR) is 207 cm³/mol. The van der Waals surface area contributed by atoms with Crippen LogP contribution in [-0.2, 0) is 9.59 Å². The van der Waals surface area contributed by atoms with Gasteiger partial charge in [0.1, 0.15) is 12.0 Å². The minimum atomic E-state index is -2.02. The van der Waals surface area contributed by atoms with Crippen molar-refractivity contribution in [3.05, 3.63) is 0 Å². The van der Waals surface area contributed by atoms with Gasteiger partial charge < -0.3 is 10.2 Å². The minimum Gasteiger partial charge on any atom is -0.378 e. The van der Waals surface area contributed by atoms with Gasteiger partial charge in [-0.1, -0.05) is 214 Å². The summed E-state index contributed by atoms with van der Waals surface area (Å²) >= 11 is 0. The van der Waals surface area contributed by atoms with Crippen molar-refractivity contribution in [1.29, 1.82) is 0 Å². The summed E-state index contributed by atoms with van der Waals surface area (Å²) in [5, 5.41) is 24.8. The highest BCUT2D eigenvalue weighted by Crippen LogP contribution is 2.25. The van der Waals surface area contributed by atoms with Gasteiger partial charge >= 0.3 is 0 Å². The van der Waals surface area contributed by atoms with E-state index in [0.29, 0.717) is 12.8 Å². The van der Waals surface area contributed by atoms with Crippen LogP contribution in [0.4, 0.5) is 0 Å². The summed E-state index contributed by atoms with van der Waals surface area (Å²) in [6, 6.07) is 0. The molecule has 0 aliphatic rings. The maximum Gasteiger partial charge on any atom is 0.187 e. The third kappa shape index (κ3) is 26.1. The van der Waals surface area contributed by atoms with Gasteiger partial charge in [0.15, 0.2) is 11.5 Å². The quantitative estimate of drug-likeness (QED) is 0.0446. The number of Topliss-reactive ketones (excluding diaryl/α,β-unsaturated/α-hetero) is 2. The second-order valence-electron chi connectivity index (χ2n) is 15.6. The molecule has 0 saturated carbocycles. The largest absolute Gasteiger partial charge is 0.378 e. The number of hydrogen-bond donors (Lipinski definition) is 3. The lowest BCUT2D eigenvalue weighted by molar-refractivity contribution is -0.161. The SMILES string of the molecule is CCCCCCCCCCCCCCCCCC(=O)C(C)C(O)(NC(O)C(C)C)C(=O)CCCCCCCCCCCCCCCCC. The summed E-state index contributed by atoms with van der Waals surface area (Å²) in [7, 11) is 0. The van der Waals surface area contributed by atoms with E-state index in [0.717, 1.165) is 32.1 Å². The molecule has 0 aliphatic heterocycles. The molecule has 0 aromatic heterocycles. The number of hydrogen-bond acceptors (Lipinski definition) is 5. The van der Waals surface area contributed by atoms with Crippen LogP contribution in [0.2, 0.25) is 0 Å². The van der Waals surface area contributed by atoms with Crippen molar-refractivity contribution in [2.45, 2.75) is 252 Å². The van der Waals surface area contributed by atoms with Crippen molar-refractivity contribution in [2.75, 3.05) is 0 Å². The zero-order chi connectivity index (χ0) is 35.7. The van der Waals surface area contributed by atoms with E-state index in [1.807, 2.05) is 13.8 Å². The maximum atomic E-state index is 13.3. The third-order valence-corrected chi connectivity index (χ3v) is 10.6. The van der Waals surface area contributed by atoms with E-state index in [2.05, 4.69) is 19.2 Å². The molecular weight excluding hydrogens is 594 g/mol. The van der Waals surface area contributed by atoms with Crippen molar-refractivity contribution < 1.29 is 19.8 Å². The Kier molecular flexibility index (Phi) is 32.8. The highest BCUT2D eigenvalue weighted by Gasteiger charge is 2.45. The lowest BCUT2D eigenvalue weighted by atomic mass is 9.85. The van der Waals surface area contributed by atoms with Gasteiger partial charge in [0.05, 0.1) is 5.92 Å². The molecule has 0 heterocycles. The molecule has 0 amide bonds. The molecule has 0 saturated heterocycles. The fourth-order valence-corrected chi connectivity index (χ4v) is 6.81. The minimum absolute atomic E-state index is 0.0968. The molecule has 3 unspecified atom stereocenters. The standard InChI is InChI=1S/C43H85NO4/c1-6-8-10-12-14-16-18-20-22-24-26-28-30-32-34-36-40(45)39(5)43(48,44-42(47)38(3)4)41(46)37-35-33-31-29-27-25-23-21-19-17-15-13-11-9-7-2/h38-39,42,44,47-48H,6-37H2,1-5H3. The lowest BCUT2D eigenvalue weighted by Gasteiger charge is -2.36. The summed E-state index contributed by atoms with van der Waals surface area (Å²) in [6.07, 6.45) is 37.5. The number of nitrogens with one attached hydrogen (secondary N) is 1. The van der Waals surface area contributed by atoms with E-state index in [9.17, 15) is 19.8 Å². The number of unbranched alkanes of at least 4 members (excludes halogenated alkanes) is 28. The van der Waals surface area contributed by atoms with Crippen molar-refractivity contribution in [3.8, 4) is 0 Å². The van der Waals surface area contributed by atoms with Gasteiger partial charge in [-0.05, 0) is 18.8 Å². The molecule has 0 aromatic rings. The molecule has 0 rings (SSSR count). The number of rotatable bonds is 38. The normalized spacial score (nSPS) is 14.3. The molecule has 0 fully saturated rings. The number of aliphatic hydroxyl groups is 2. The number of carbonyl (C=O) groups excluding carboxylic acids is 2. The molecule has 0 spiro atoms. The predicted octanol–water partition coefficient (Wildman–Crippen LogP) is 12.5. The topological polar surface area (TPSA) is 86.6 Å². The fourth-order valence-electron chi connectivity index (χ4n) is 6.81. The Hall–Kier alpha value is -0.780. The number of ketones is 2. The Labute approximate surface area is 300 Å². The molecule has 0 radical (unpaired) electrons. The smallest absolute Gasteiger partial charge is 0.187 e. The zero-order valence-corrected chi connectivity index (χ0v) is 33.1. The van der Waals surface area contributed by atoms with Crippen LogP contribution in [0.15, 0.2) is 0 Å². The van der Waals surface area contributed by atoms with Crippen molar-refractivity contribution in [3.63, 3.8) is 0 Å². The second-order valence-corrected chi connectivity index (χ2v) is 15.6. The van der Waals surface area contributed by atoms with Crippen LogP contribution in [0.1, 0.15) is 240 Å². The van der Waals surface area contributed by atoms with Gasteiger partial charge in [-0.2, -0.15) is 0 Å². The van der Waals surface area contributed by atoms with Crippen LogP contribution in [-0.4, -0.2) is 33.7 Å². The Balaban J connectivity index is 4.22. The number of carbonyl (C=O) groups is 2. The lowest BCUT2D eigenvalue weighted by Crippen LogP contribution is -2.62. The van der Waals surface area contributed by atoms with Gasteiger partial charge in [-0.3, -0.25) is 14.9 Å². The fraction of sp³-hybridized carbons (Fsp3) is 0.953. The van der Waals surface area contributed by atoms with Gasteiger partial charge in [0.25, 0.3) is 0 Å². The summed E-state index contributed by atoms with van der Waals surface area (Å²) in [4.78, 5) is 26.5. The van der Waals surface area contributed by atoms with Crippen LogP contribution < -0.4 is 5.32 Å². The van der Waals surface area contributed by atoms with Crippen molar-refractivity contribution >= 4 is 11.6 Å². The molecular formula is C43H85NO4. The van der Waals surface area contributed by atoms with E-state index in [1.165, 1.54) is 154 Å². The van der Waals surface area contributed by atoms with Crippen LogP contribution in [0, 0.1) is 11.8 Å². The van der Waals surface area contributed by atoms with Crippen LogP contribution in [0.3, 0.4) is 0 Å². The van der Waals surface area contributed by atoms with E-state index in [-0.39, 0.29) is 23.9 Å². The third-order valence-electron chi connectivity index (χ3n) is 10.6. The molecule has 3 atom stereocenters. The average Bonchev–Trinajstić information content (AvgIpc) is 3.07. The summed E-state index contributed by atoms with van der Waals surface area (Å²) in [6.45, 7) is 9.85. The first-order valence-corrected chi connectivity index (χ1v) is 21.4. The summed E-state index contributed by atoms with van der Waals surface area (Å²) in [5.74, 6) is -1.54. The highest BCUT2D eigenvalue weighted by atomic mass is 16.3. The summed E-state index contributed by atoms with van der Waals surface area (Å²) in [5.41, 5.74) is -2.02. The molecule has 5 heteroatoms.